The van der Waals surface area contributed by atoms with Crippen molar-refractivity contribution in [3.63, 3.8) is 0 Å². The van der Waals surface area contributed by atoms with Crippen LogP contribution in [0.25, 0.3) is 0 Å². The maximum absolute atomic E-state index is 4.25. The molecule has 1 saturated heterocycles. The van der Waals surface area contributed by atoms with Gasteiger partial charge >= 0.3 is 0 Å². The molecule has 6 nitrogen and oxygen atoms in total. The van der Waals surface area contributed by atoms with Gasteiger partial charge in [0, 0.05) is 26.2 Å². The lowest BCUT2D eigenvalue weighted by molar-refractivity contribution is 0.102. The minimum Gasteiger partial charge on any atom is -0.304 e. The van der Waals surface area contributed by atoms with Gasteiger partial charge in [0.2, 0.25) is 0 Å². The van der Waals surface area contributed by atoms with Crippen LogP contribution < -0.4 is 0 Å². The largest absolute Gasteiger partial charge is 0.304 e. The van der Waals surface area contributed by atoms with Gasteiger partial charge in [-0.05, 0) is 37.7 Å². The summed E-state index contributed by atoms with van der Waals surface area (Å²) in [5.41, 5.74) is 0. The van der Waals surface area contributed by atoms with Gasteiger partial charge in [-0.2, -0.15) is 0 Å². The molecule has 1 aliphatic heterocycles. The number of aromatic nitrogens is 4. The van der Waals surface area contributed by atoms with Crippen LogP contribution in [0.5, 0.6) is 0 Å². The zero-order valence-electron chi connectivity index (χ0n) is 11.9. The van der Waals surface area contributed by atoms with Crippen molar-refractivity contribution in [2.24, 2.45) is 0 Å². The summed E-state index contributed by atoms with van der Waals surface area (Å²) in [6, 6.07) is 0.660. The third-order valence-electron chi connectivity index (χ3n) is 3.67. The van der Waals surface area contributed by atoms with E-state index in [0.29, 0.717) is 12.1 Å². The van der Waals surface area contributed by atoms with E-state index >= 15 is 0 Å². The number of piperazine rings is 1. The average Bonchev–Trinajstić information content (AvgIpc) is 2.82. The normalized spacial score (nSPS) is 20.5. The van der Waals surface area contributed by atoms with Crippen LogP contribution >= 0.6 is 0 Å². The van der Waals surface area contributed by atoms with Crippen LogP contribution in [0.15, 0.2) is 0 Å². The molecule has 0 saturated carbocycles. The molecule has 0 N–H and O–H groups in total. The maximum atomic E-state index is 4.25. The van der Waals surface area contributed by atoms with E-state index in [1.54, 1.807) is 0 Å². The zero-order chi connectivity index (χ0) is 13.1. The second kappa shape index (κ2) is 5.75. The van der Waals surface area contributed by atoms with Gasteiger partial charge in [0.05, 0.1) is 12.1 Å². The van der Waals surface area contributed by atoms with Crippen LogP contribution in [0, 0.1) is 0 Å². The van der Waals surface area contributed by atoms with Gasteiger partial charge in [0.15, 0.2) is 5.82 Å². The Labute approximate surface area is 109 Å². The first kappa shape index (κ1) is 13.4. The van der Waals surface area contributed by atoms with E-state index in [2.05, 4.69) is 53.1 Å². The number of rotatable bonds is 4. The number of hydrogen-bond acceptors (Lipinski definition) is 5. The molecule has 2 rings (SSSR count). The molecule has 0 spiro atoms. The molecule has 1 fully saturated rings. The fourth-order valence-electron chi connectivity index (χ4n) is 2.53. The van der Waals surface area contributed by atoms with Gasteiger partial charge in [0.25, 0.3) is 0 Å². The molecule has 6 heteroatoms. The number of hydrogen-bond donors (Lipinski definition) is 0. The summed E-state index contributed by atoms with van der Waals surface area (Å²) in [6.07, 6.45) is 1.05. The summed E-state index contributed by atoms with van der Waals surface area (Å²) >= 11 is 0. The molecule has 0 aliphatic carbocycles. The van der Waals surface area contributed by atoms with Crippen molar-refractivity contribution in [2.75, 3.05) is 33.2 Å². The second-order valence-electron chi connectivity index (χ2n) is 5.34. The second-order valence-corrected chi connectivity index (χ2v) is 5.34. The van der Waals surface area contributed by atoms with Gasteiger partial charge in [-0.3, -0.25) is 4.90 Å². The molecule has 0 radical (unpaired) electrons. The quantitative estimate of drug-likeness (QED) is 0.798. The Morgan fingerprint density at radius 1 is 1.17 bits per heavy atom. The molecule has 0 unspecified atom stereocenters. The number of nitrogens with zero attached hydrogens (tertiary/aromatic N) is 6. The highest BCUT2D eigenvalue weighted by molar-refractivity contribution is 4.95. The fourth-order valence-corrected chi connectivity index (χ4v) is 2.53. The lowest BCUT2D eigenvalue weighted by Crippen LogP contribution is -2.46. The molecular formula is C12H24N6. The molecular weight excluding hydrogens is 228 g/mol. The minimum absolute atomic E-state index is 0.316. The molecule has 2 heterocycles. The van der Waals surface area contributed by atoms with Gasteiger partial charge in [-0.15, -0.1) is 5.10 Å². The van der Waals surface area contributed by atoms with Gasteiger partial charge in [0.1, 0.15) is 0 Å². The maximum Gasteiger partial charge on any atom is 0.168 e. The van der Waals surface area contributed by atoms with Crippen molar-refractivity contribution in [1.82, 2.24) is 30.0 Å². The molecule has 0 bridgehead atoms. The average molecular weight is 252 g/mol. The molecule has 102 valence electrons. The monoisotopic (exact) mass is 252 g/mol. The van der Waals surface area contributed by atoms with Crippen molar-refractivity contribution in [3.8, 4) is 0 Å². The predicted molar refractivity (Wildman–Crippen MR) is 70.3 cm³/mol. The van der Waals surface area contributed by atoms with Crippen molar-refractivity contribution < 1.29 is 0 Å². The highest BCUT2D eigenvalue weighted by Crippen LogP contribution is 2.24. The molecule has 1 atom stereocenters. The van der Waals surface area contributed by atoms with E-state index in [9.17, 15) is 0 Å². The van der Waals surface area contributed by atoms with Crippen molar-refractivity contribution in [1.29, 1.82) is 0 Å². The Balaban J connectivity index is 2.15. The third-order valence-corrected chi connectivity index (χ3v) is 3.67. The molecule has 1 aliphatic rings. The smallest absolute Gasteiger partial charge is 0.168 e. The van der Waals surface area contributed by atoms with Crippen LogP contribution in [-0.2, 0) is 0 Å². The third kappa shape index (κ3) is 2.70. The summed E-state index contributed by atoms with van der Waals surface area (Å²) in [7, 11) is 2.18. The van der Waals surface area contributed by atoms with Crippen molar-refractivity contribution >= 4 is 0 Å². The van der Waals surface area contributed by atoms with Crippen molar-refractivity contribution in [3.05, 3.63) is 5.82 Å². The van der Waals surface area contributed by atoms with E-state index in [0.717, 1.165) is 38.4 Å². The summed E-state index contributed by atoms with van der Waals surface area (Å²) in [6.45, 7) is 10.9. The van der Waals surface area contributed by atoms with Crippen LogP contribution in [0.2, 0.25) is 0 Å². The highest BCUT2D eigenvalue weighted by atomic mass is 15.6. The Bertz CT molecular complexity index is 366. The van der Waals surface area contributed by atoms with Crippen molar-refractivity contribution in [2.45, 2.75) is 39.3 Å². The highest BCUT2D eigenvalue weighted by Gasteiger charge is 2.27. The first-order valence-corrected chi connectivity index (χ1v) is 6.83. The molecule has 0 aromatic carbocycles. The Kier molecular flexibility index (Phi) is 4.29. The summed E-state index contributed by atoms with van der Waals surface area (Å²) in [5, 5.41) is 12.2. The summed E-state index contributed by atoms with van der Waals surface area (Å²) in [5.74, 6) is 1.01. The van der Waals surface area contributed by atoms with Crippen LogP contribution in [0.3, 0.4) is 0 Å². The van der Waals surface area contributed by atoms with E-state index in [4.69, 9.17) is 0 Å². The van der Waals surface area contributed by atoms with Gasteiger partial charge < -0.3 is 4.90 Å². The van der Waals surface area contributed by atoms with Crippen LogP contribution in [-0.4, -0.2) is 63.2 Å². The topological polar surface area (TPSA) is 50.1 Å². The Hall–Kier alpha value is -1.01. The first-order chi connectivity index (χ1) is 8.63. The number of likely N-dealkylation sites (N-methyl/N-ethyl adjacent to an activating group) is 1. The Morgan fingerprint density at radius 2 is 1.83 bits per heavy atom. The summed E-state index contributed by atoms with van der Waals surface area (Å²) < 4.78 is 1.95. The van der Waals surface area contributed by atoms with E-state index in [1.807, 2.05) is 4.68 Å². The SMILES string of the molecule is CC[C@H](c1nnnn1C(C)C)N1CCN(C)CC1. The lowest BCUT2D eigenvalue weighted by atomic mass is 10.1. The van der Waals surface area contributed by atoms with E-state index < -0.39 is 0 Å². The van der Waals surface area contributed by atoms with E-state index in [1.165, 1.54) is 0 Å². The first-order valence-electron chi connectivity index (χ1n) is 6.83. The minimum atomic E-state index is 0.316. The zero-order valence-corrected chi connectivity index (χ0v) is 11.9. The van der Waals surface area contributed by atoms with E-state index in [-0.39, 0.29) is 0 Å². The molecule has 18 heavy (non-hydrogen) atoms. The number of tetrazole rings is 1. The van der Waals surface area contributed by atoms with Crippen LogP contribution in [0.1, 0.15) is 45.1 Å². The molecule has 1 aromatic rings. The predicted octanol–water partition coefficient (Wildman–Crippen LogP) is 0.952. The lowest BCUT2D eigenvalue weighted by Gasteiger charge is -2.37. The van der Waals surface area contributed by atoms with Crippen LogP contribution in [0.4, 0.5) is 0 Å². The summed E-state index contributed by atoms with van der Waals surface area (Å²) in [4.78, 5) is 4.87. The van der Waals surface area contributed by atoms with Gasteiger partial charge in [-0.25, -0.2) is 4.68 Å². The molecule has 0 amide bonds. The Morgan fingerprint density at radius 3 is 2.39 bits per heavy atom. The standard InChI is InChI=1S/C12H24N6/c1-5-11(17-8-6-16(4)7-9-17)12-13-14-15-18(12)10(2)3/h10-11H,5-9H2,1-4H3/t11-/m1/s1. The molecule has 1 aromatic heterocycles. The van der Waals surface area contributed by atoms with Gasteiger partial charge in [-0.1, -0.05) is 6.92 Å². The fraction of sp³-hybridized carbons (Fsp3) is 0.917.